The van der Waals surface area contributed by atoms with Crippen molar-refractivity contribution in [1.29, 1.82) is 5.41 Å². The first kappa shape index (κ1) is 21.1. The first-order chi connectivity index (χ1) is 16.0. The lowest BCUT2D eigenvalue weighted by atomic mass is 9.94. The van der Waals surface area contributed by atoms with Gasteiger partial charge in [-0.25, -0.2) is 9.37 Å². The number of nitrogens with one attached hydrogen (secondary N) is 2. The zero-order valence-corrected chi connectivity index (χ0v) is 18.1. The lowest BCUT2D eigenvalue weighted by Crippen LogP contribution is -2.36. The molecule has 3 heterocycles. The Kier molecular flexibility index (Phi) is 5.50. The Morgan fingerprint density at radius 2 is 1.88 bits per heavy atom. The van der Waals surface area contributed by atoms with Crippen LogP contribution in [-0.2, 0) is 6.54 Å². The van der Waals surface area contributed by atoms with Crippen LogP contribution in [0.5, 0.6) is 0 Å². The van der Waals surface area contributed by atoms with Crippen LogP contribution in [0.4, 0.5) is 4.39 Å². The first-order valence-corrected chi connectivity index (χ1v) is 11.2. The van der Waals surface area contributed by atoms with Gasteiger partial charge in [-0.2, -0.15) is 0 Å². The van der Waals surface area contributed by atoms with Gasteiger partial charge in [0.2, 0.25) is 0 Å². The summed E-state index contributed by atoms with van der Waals surface area (Å²) in [5.41, 5.74) is 1.60. The second kappa shape index (κ2) is 8.61. The van der Waals surface area contributed by atoms with Crippen LogP contribution in [0, 0.1) is 11.2 Å². The van der Waals surface area contributed by atoms with Crippen LogP contribution in [0.1, 0.15) is 54.1 Å². The van der Waals surface area contributed by atoms with Crippen molar-refractivity contribution in [2.24, 2.45) is 0 Å². The Hall–Kier alpha value is -3.81. The number of benzene rings is 1. The number of rotatable bonds is 4. The molecule has 1 aliphatic rings. The maximum atomic E-state index is 13.3. The van der Waals surface area contributed by atoms with Crippen LogP contribution >= 0.6 is 0 Å². The van der Waals surface area contributed by atoms with Crippen LogP contribution in [-0.4, -0.2) is 19.9 Å². The molecule has 0 aliphatic heterocycles. The molecule has 5 rings (SSSR count). The van der Waals surface area contributed by atoms with Crippen molar-refractivity contribution in [1.82, 2.24) is 19.3 Å². The molecule has 2 N–H and O–H groups in total. The number of pyridine rings is 2. The van der Waals surface area contributed by atoms with E-state index in [1.807, 2.05) is 6.07 Å². The predicted octanol–water partition coefficient (Wildman–Crippen LogP) is 3.70. The fourth-order valence-corrected chi connectivity index (χ4v) is 4.60. The van der Waals surface area contributed by atoms with Gasteiger partial charge in [0.25, 0.3) is 11.5 Å². The van der Waals surface area contributed by atoms with E-state index in [0.717, 1.165) is 37.7 Å². The predicted molar refractivity (Wildman–Crippen MR) is 123 cm³/mol. The molecule has 0 bridgehead atoms. The SMILES string of the molecule is N=c1c(C(=O)NCc2ccc(F)cc2)cc2c(=O)n3ccccc3nc2n1C1CCCCC1. The Labute approximate surface area is 189 Å². The molecule has 0 radical (unpaired) electrons. The number of hydrogen-bond acceptors (Lipinski definition) is 4. The van der Waals surface area contributed by atoms with E-state index in [1.165, 1.54) is 22.6 Å². The van der Waals surface area contributed by atoms with Gasteiger partial charge in [0.15, 0.2) is 0 Å². The van der Waals surface area contributed by atoms with Crippen LogP contribution in [0.25, 0.3) is 16.7 Å². The molecule has 7 nitrogen and oxygen atoms in total. The molecular weight excluding hydrogens is 421 g/mol. The third-order valence-corrected chi connectivity index (χ3v) is 6.31. The third-order valence-electron chi connectivity index (χ3n) is 6.31. The van der Waals surface area contributed by atoms with Crippen LogP contribution in [0.15, 0.2) is 59.5 Å². The molecule has 0 spiro atoms. The highest BCUT2D eigenvalue weighted by molar-refractivity contribution is 5.96. The smallest absolute Gasteiger partial charge is 0.267 e. The third kappa shape index (κ3) is 3.92. The number of carbonyl (C=O) groups excluding carboxylic acids is 1. The maximum Gasteiger partial charge on any atom is 0.267 e. The van der Waals surface area contributed by atoms with Gasteiger partial charge in [-0.15, -0.1) is 0 Å². The molecule has 3 aromatic heterocycles. The molecule has 1 aromatic carbocycles. The van der Waals surface area contributed by atoms with Crippen molar-refractivity contribution in [2.75, 3.05) is 0 Å². The lowest BCUT2D eigenvalue weighted by Gasteiger charge is -2.26. The Balaban J connectivity index is 1.64. The van der Waals surface area contributed by atoms with E-state index in [1.54, 1.807) is 35.0 Å². The summed E-state index contributed by atoms with van der Waals surface area (Å²) in [5.74, 6) is -0.796. The topological polar surface area (TPSA) is 92.2 Å². The Bertz CT molecular complexity index is 1470. The summed E-state index contributed by atoms with van der Waals surface area (Å²) >= 11 is 0. The largest absolute Gasteiger partial charge is 0.348 e. The summed E-state index contributed by atoms with van der Waals surface area (Å²) in [6.45, 7) is 0.189. The second-order valence-electron chi connectivity index (χ2n) is 8.46. The fraction of sp³-hybridized carbons (Fsp3) is 0.280. The highest BCUT2D eigenvalue weighted by Gasteiger charge is 2.23. The van der Waals surface area contributed by atoms with Gasteiger partial charge in [-0.1, -0.05) is 37.5 Å². The van der Waals surface area contributed by atoms with E-state index in [0.29, 0.717) is 16.7 Å². The van der Waals surface area contributed by atoms with Gasteiger partial charge in [-0.05, 0) is 48.7 Å². The van der Waals surface area contributed by atoms with Gasteiger partial charge >= 0.3 is 0 Å². The molecule has 33 heavy (non-hydrogen) atoms. The van der Waals surface area contributed by atoms with Crippen molar-refractivity contribution in [3.05, 3.63) is 87.5 Å². The molecule has 1 fully saturated rings. The van der Waals surface area contributed by atoms with E-state index < -0.39 is 5.91 Å². The second-order valence-corrected chi connectivity index (χ2v) is 8.46. The highest BCUT2D eigenvalue weighted by atomic mass is 19.1. The molecule has 1 saturated carbocycles. The molecule has 8 heteroatoms. The van der Waals surface area contributed by atoms with Crippen LogP contribution in [0.2, 0.25) is 0 Å². The van der Waals surface area contributed by atoms with Gasteiger partial charge in [0, 0.05) is 18.8 Å². The molecule has 4 aromatic rings. The molecule has 0 saturated heterocycles. The van der Waals surface area contributed by atoms with E-state index in [2.05, 4.69) is 5.32 Å². The van der Waals surface area contributed by atoms with Gasteiger partial charge in [-0.3, -0.25) is 19.4 Å². The van der Waals surface area contributed by atoms with Gasteiger partial charge in [0.05, 0.1) is 10.9 Å². The van der Waals surface area contributed by atoms with Crippen molar-refractivity contribution >= 4 is 22.6 Å². The van der Waals surface area contributed by atoms with Crippen molar-refractivity contribution < 1.29 is 9.18 Å². The summed E-state index contributed by atoms with van der Waals surface area (Å²) in [6, 6.07) is 12.7. The molecule has 1 amide bonds. The zero-order chi connectivity index (χ0) is 22.9. The number of carbonyl (C=O) groups is 1. The molecule has 0 unspecified atom stereocenters. The highest BCUT2D eigenvalue weighted by Crippen LogP contribution is 2.29. The number of halogens is 1. The van der Waals surface area contributed by atoms with Gasteiger partial charge < -0.3 is 9.88 Å². The average Bonchev–Trinajstić information content (AvgIpc) is 2.84. The Morgan fingerprint density at radius 1 is 1.12 bits per heavy atom. The quantitative estimate of drug-likeness (QED) is 0.469. The van der Waals surface area contributed by atoms with E-state index in [-0.39, 0.29) is 35.0 Å². The minimum absolute atomic E-state index is 0.0108. The lowest BCUT2D eigenvalue weighted by molar-refractivity contribution is 0.0948. The summed E-state index contributed by atoms with van der Waals surface area (Å²) in [4.78, 5) is 31.1. The molecule has 168 valence electrons. The molecular formula is C25H24FN5O2. The maximum absolute atomic E-state index is 13.3. The van der Waals surface area contributed by atoms with E-state index in [9.17, 15) is 14.0 Å². The van der Waals surface area contributed by atoms with Gasteiger partial charge in [0.1, 0.15) is 22.6 Å². The van der Waals surface area contributed by atoms with Crippen molar-refractivity contribution in [3.8, 4) is 0 Å². The molecule has 1 aliphatic carbocycles. The van der Waals surface area contributed by atoms with Crippen LogP contribution < -0.4 is 16.4 Å². The normalized spacial score (nSPS) is 14.6. The summed E-state index contributed by atoms with van der Waals surface area (Å²) in [7, 11) is 0. The number of aromatic nitrogens is 3. The standard InChI is InChI=1S/C25H24FN5O2/c26-17-11-9-16(10-12-17)15-28-24(32)19-14-20-23(29-21-8-4-5-13-30(21)25(20)33)31(22(19)27)18-6-2-1-3-7-18/h4-5,8-14,18,27H,1-3,6-7,15H2,(H,28,32). The average molecular weight is 445 g/mol. The number of fused-ring (bicyclic) bond motifs is 2. The van der Waals surface area contributed by atoms with E-state index >= 15 is 0 Å². The minimum Gasteiger partial charge on any atom is -0.348 e. The number of hydrogen-bond donors (Lipinski definition) is 2. The minimum atomic E-state index is -0.451. The number of amides is 1. The Morgan fingerprint density at radius 3 is 2.64 bits per heavy atom. The summed E-state index contributed by atoms with van der Waals surface area (Å²) in [6.07, 6.45) is 6.61. The summed E-state index contributed by atoms with van der Waals surface area (Å²) in [5, 5.41) is 12.0. The van der Waals surface area contributed by atoms with E-state index in [4.69, 9.17) is 10.4 Å². The van der Waals surface area contributed by atoms with Crippen molar-refractivity contribution in [2.45, 2.75) is 44.7 Å². The molecule has 0 atom stereocenters. The summed E-state index contributed by atoms with van der Waals surface area (Å²) < 4.78 is 16.4. The fourth-order valence-electron chi connectivity index (χ4n) is 4.60. The monoisotopic (exact) mass is 445 g/mol. The first-order valence-electron chi connectivity index (χ1n) is 11.2. The zero-order valence-electron chi connectivity index (χ0n) is 18.1. The van der Waals surface area contributed by atoms with Crippen LogP contribution in [0.3, 0.4) is 0 Å². The number of nitrogens with zero attached hydrogens (tertiary/aromatic N) is 3. The van der Waals surface area contributed by atoms with Crippen molar-refractivity contribution in [3.63, 3.8) is 0 Å².